The van der Waals surface area contributed by atoms with Gasteiger partial charge in [-0.1, -0.05) is 60.7 Å². The number of hydrogen-bond acceptors (Lipinski definition) is 3. The van der Waals surface area contributed by atoms with Crippen molar-refractivity contribution in [3.63, 3.8) is 0 Å². The van der Waals surface area contributed by atoms with Crippen molar-refractivity contribution in [3.8, 4) is 22.5 Å². The molecule has 0 aliphatic heterocycles. The molecule has 0 bridgehead atoms. The minimum atomic E-state index is -0.337. The molecule has 26 heavy (non-hydrogen) atoms. The number of hydrogen-bond donors (Lipinski definition) is 1. The third kappa shape index (κ3) is 2.77. The zero-order chi connectivity index (χ0) is 18.1. The number of aromatic nitrogens is 3. The van der Waals surface area contributed by atoms with Crippen molar-refractivity contribution in [2.75, 3.05) is 5.43 Å². The van der Waals surface area contributed by atoms with Gasteiger partial charge in [0.2, 0.25) is 5.91 Å². The van der Waals surface area contributed by atoms with E-state index in [2.05, 4.69) is 10.5 Å². The van der Waals surface area contributed by atoms with E-state index >= 15 is 0 Å². The second kappa shape index (κ2) is 6.33. The van der Waals surface area contributed by atoms with Crippen molar-refractivity contribution < 1.29 is 4.79 Å². The molecule has 0 spiro atoms. The fraction of sp³-hybridized carbons (Fsp3) is 0.0500. The normalized spacial score (nSPS) is 10.8. The first-order chi connectivity index (χ1) is 12.6. The molecule has 0 aliphatic rings. The lowest BCUT2D eigenvalue weighted by Crippen LogP contribution is -2.34. The maximum atomic E-state index is 13.0. The highest BCUT2D eigenvalue weighted by atomic mass is 16.2. The van der Waals surface area contributed by atoms with Crippen LogP contribution >= 0.6 is 0 Å². The van der Waals surface area contributed by atoms with E-state index in [-0.39, 0.29) is 11.5 Å². The molecule has 1 amide bonds. The summed E-state index contributed by atoms with van der Waals surface area (Å²) in [4.78, 5) is 24.6. The summed E-state index contributed by atoms with van der Waals surface area (Å²) in [5, 5.41) is 4.54. The van der Waals surface area contributed by atoms with Crippen molar-refractivity contribution in [1.82, 2.24) is 14.3 Å². The average molecular weight is 344 g/mol. The molecule has 2 heterocycles. The van der Waals surface area contributed by atoms with Crippen LogP contribution in [0.25, 0.3) is 28.0 Å². The molecule has 2 aromatic carbocycles. The summed E-state index contributed by atoms with van der Waals surface area (Å²) in [6.07, 6.45) is 1.74. The minimum Gasteiger partial charge on any atom is -0.274 e. The first kappa shape index (κ1) is 15.8. The lowest BCUT2D eigenvalue weighted by Gasteiger charge is -2.13. The van der Waals surface area contributed by atoms with E-state index in [0.717, 1.165) is 11.1 Å². The Bertz CT molecular complexity index is 1150. The summed E-state index contributed by atoms with van der Waals surface area (Å²) in [5.41, 5.74) is 5.63. The van der Waals surface area contributed by atoms with Crippen LogP contribution in [0.15, 0.2) is 77.7 Å². The molecule has 0 atom stereocenters. The van der Waals surface area contributed by atoms with Gasteiger partial charge in [0.15, 0.2) is 0 Å². The summed E-state index contributed by atoms with van der Waals surface area (Å²) < 4.78 is 2.83. The van der Waals surface area contributed by atoms with Crippen LogP contribution < -0.4 is 11.0 Å². The second-order valence-corrected chi connectivity index (χ2v) is 5.91. The summed E-state index contributed by atoms with van der Waals surface area (Å²) in [6, 6.07) is 20.8. The van der Waals surface area contributed by atoms with Gasteiger partial charge >= 0.3 is 0 Å². The molecule has 6 heteroatoms. The van der Waals surface area contributed by atoms with Crippen LogP contribution in [0.3, 0.4) is 0 Å². The van der Waals surface area contributed by atoms with Crippen molar-refractivity contribution in [2.24, 2.45) is 0 Å². The van der Waals surface area contributed by atoms with Gasteiger partial charge in [-0.3, -0.25) is 15.0 Å². The Morgan fingerprint density at radius 2 is 1.58 bits per heavy atom. The zero-order valence-electron chi connectivity index (χ0n) is 14.1. The lowest BCUT2D eigenvalue weighted by atomic mass is 10.1. The molecule has 0 radical (unpaired) electrons. The number of fused-ring (bicyclic) bond motifs is 1. The third-order valence-corrected chi connectivity index (χ3v) is 4.05. The lowest BCUT2D eigenvalue weighted by molar-refractivity contribution is -0.115. The van der Waals surface area contributed by atoms with E-state index < -0.39 is 0 Å². The van der Waals surface area contributed by atoms with Gasteiger partial charge < -0.3 is 0 Å². The number of benzene rings is 2. The maximum Gasteiger partial charge on any atom is 0.295 e. The standard InChI is InChI=1S/C20H16N4O2/c1-14(25)21-24-19(16-10-6-3-7-11-16)13-23-18(20(24)26)12-17(22-23)15-8-4-2-5-9-15/h2-13H,1H3,(H,21,25). The van der Waals surface area contributed by atoms with Gasteiger partial charge in [0, 0.05) is 18.1 Å². The molecule has 2 aromatic heterocycles. The number of amides is 1. The predicted molar refractivity (Wildman–Crippen MR) is 100 cm³/mol. The van der Waals surface area contributed by atoms with Crippen molar-refractivity contribution in [2.45, 2.75) is 6.92 Å². The SMILES string of the molecule is CC(=O)Nn1c(-c2ccccc2)cn2nc(-c3ccccc3)cc2c1=O. The molecule has 4 aromatic rings. The Labute approximate surface area is 149 Å². The van der Waals surface area contributed by atoms with E-state index in [1.165, 1.54) is 11.6 Å². The first-order valence-electron chi connectivity index (χ1n) is 8.17. The Morgan fingerprint density at radius 1 is 0.962 bits per heavy atom. The van der Waals surface area contributed by atoms with Crippen LogP contribution in [0.5, 0.6) is 0 Å². The highest BCUT2D eigenvalue weighted by Gasteiger charge is 2.15. The Morgan fingerprint density at radius 3 is 2.19 bits per heavy atom. The summed E-state index contributed by atoms with van der Waals surface area (Å²) in [7, 11) is 0. The van der Waals surface area contributed by atoms with Gasteiger partial charge in [-0.25, -0.2) is 9.19 Å². The summed E-state index contributed by atoms with van der Waals surface area (Å²) >= 11 is 0. The Hall–Kier alpha value is -3.67. The van der Waals surface area contributed by atoms with Crippen LogP contribution in [0.2, 0.25) is 0 Å². The van der Waals surface area contributed by atoms with Crippen molar-refractivity contribution in [3.05, 3.63) is 83.3 Å². The number of nitrogens with one attached hydrogen (secondary N) is 1. The Kier molecular flexibility index (Phi) is 3.85. The fourth-order valence-corrected chi connectivity index (χ4v) is 2.88. The molecule has 0 saturated carbocycles. The quantitative estimate of drug-likeness (QED) is 0.621. The van der Waals surface area contributed by atoms with Gasteiger partial charge in [-0.2, -0.15) is 5.10 Å². The minimum absolute atomic E-state index is 0.323. The zero-order valence-corrected chi connectivity index (χ0v) is 14.1. The molecule has 0 fully saturated rings. The number of carbonyl (C=O) groups excluding carboxylic acids is 1. The Balaban J connectivity index is 1.98. The van der Waals surface area contributed by atoms with Gasteiger partial charge in [-0.15, -0.1) is 0 Å². The molecule has 128 valence electrons. The molecular formula is C20H16N4O2. The molecular weight excluding hydrogens is 328 g/mol. The third-order valence-electron chi connectivity index (χ3n) is 4.05. The van der Waals surface area contributed by atoms with Crippen molar-refractivity contribution in [1.29, 1.82) is 0 Å². The second-order valence-electron chi connectivity index (χ2n) is 5.91. The summed E-state index contributed by atoms with van der Waals surface area (Å²) in [6.45, 7) is 1.37. The highest BCUT2D eigenvalue weighted by molar-refractivity contribution is 5.82. The van der Waals surface area contributed by atoms with Gasteiger partial charge in [-0.05, 0) is 6.07 Å². The highest BCUT2D eigenvalue weighted by Crippen LogP contribution is 2.21. The summed E-state index contributed by atoms with van der Waals surface area (Å²) in [5.74, 6) is -0.323. The smallest absolute Gasteiger partial charge is 0.274 e. The van der Waals surface area contributed by atoms with Crippen LogP contribution in [0.4, 0.5) is 0 Å². The van der Waals surface area contributed by atoms with Gasteiger partial charge in [0.1, 0.15) is 5.52 Å². The molecule has 1 N–H and O–H groups in total. The van der Waals surface area contributed by atoms with Crippen LogP contribution in [0, 0.1) is 0 Å². The van der Waals surface area contributed by atoms with E-state index in [1.807, 2.05) is 60.7 Å². The van der Waals surface area contributed by atoms with E-state index in [1.54, 1.807) is 16.8 Å². The van der Waals surface area contributed by atoms with E-state index in [9.17, 15) is 9.59 Å². The average Bonchev–Trinajstić information content (AvgIpc) is 3.10. The van der Waals surface area contributed by atoms with Gasteiger partial charge in [0.05, 0.1) is 17.6 Å². The van der Waals surface area contributed by atoms with E-state index in [4.69, 9.17) is 0 Å². The van der Waals surface area contributed by atoms with Crippen LogP contribution in [-0.2, 0) is 4.79 Å². The molecule has 0 aliphatic carbocycles. The monoisotopic (exact) mass is 344 g/mol. The van der Waals surface area contributed by atoms with Crippen LogP contribution in [0.1, 0.15) is 6.92 Å². The largest absolute Gasteiger partial charge is 0.295 e. The van der Waals surface area contributed by atoms with Gasteiger partial charge in [0.25, 0.3) is 5.56 Å². The van der Waals surface area contributed by atoms with Crippen LogP contribution in [-0.4, -0.2) is 20.2 Å². The topological polar surface area (TPSA) is 68.4 Å². The fourth-order valence-electron chi connectivity index (χ4n) is 2.88. The number of rotatable bonds is 3. The number of carbonyl (C=O) groups is 1. The van der Waals surface area contributed by atoms with Crippen molar-refractivity contribution >= 4 is 11.4 Å². The van der Waals surface area contributed by atoms with E-state index in [0.29, 0.717) is 16.9 Å². The molecule has 0 saturated heterocycles. The maximum absolute atomic E-state index is 13.0. The number of nitrogens with zero attached hydrogens (tertiary/aromatic N) is 3. The molecule has 0 unspecified atom stereocenters. The molecule has 6 nitrogen and oxygen atoms in total. The molecule has 4 rings (SSSR count). The first-order valence-corrected chi connectivity index (χ1v) is 8.17. The predicted octanol–water partition coefficient (Wildman–Crippen LogP) is 2.92.